The Morgan fingerprint density at radius 2 is 1.97 bits per heavy atom. The van der Waals surface area contributed by atoms with Gasteiger partial charge in [0, 0.05) is 24.0 Å². The number of fused-ring (bicyclic) bond motifs is 2. The number of carbonyl (C=O) groups is 1. The quantitative estimate of drug-likeness (QED) is 0.507. The summed E-state index contributed by atoms with van der Waals surface area (Å²) in [5.41, 5.74) is 6.39. The first kappa shape index (κ1) is 21.6. The maximum absolute atomic E-state index is 12.4. The first-order valence-electron chi connectivity index (χ1n) is 11.7. The Morgan fingerprint density at radius 3 is 2.70 bits per heavy atom. The number of aromatic nitrogens is 5. The maximum Gasteiger partial charge on any atom is 0.236 e. The molecule has 1 aliphatic rings. The van der Waals surface area contributed by atoms with E-state index in [2.05, 4.69) is 52.2 Å². The summed E-state index contributed by atoms with van der Waals surface area (Å²) in [5, 5.41) is 10.1. The molecule has 0 radical (unpaired) electrons. The fraction of sp³-hybridized carbons (Fsp3) is 0.440. The summed E-state index contributed by atoms with van der Waals surface area (Å²) in [7, 11) is 3.88. The molecule has 1 N–H and O–H groups in total. The number of hydrogen-bond donors (Lipinski definition) is 1. The minimum atomic E-state index is 0.225. The number of piperidine rings is 1. The lowest BCUT2D eigenvalue weighted by Crippen LogP contribution is -2.42. The van der Waals surface area contributed by atoms with Crippen LogP contribution in [0.2, 0.25) is 0 Å². The third kappa shape index (κ3) is 4.11. The third-order valence-corrected chi connectivity index (χ3v) is 6.62. The first-order chi connectivity index (χ1) is 15.9. The van der Waals surface area contributed by atoms with Gasteiger partial charge in [0.05, 0.1) is 12.2 Å². The average Bonchev–Trinajstić information content (AvgIpc) is 3.42. The van der Waals surface area contributed by atoms with Crippen LogP contribution in [0.25, 0.3) is 27.9 Å². The van der Waals surface area contributed by atoms with Crippen LogP contribution in [0.5, 0.6) is 0 Å². The predicted octanol–water partition coefficient (Wildman–Crippen LogP) is 3.66. The summed E-state index contributed by atoms with van der Waals surface area (Å²) in [6.07, 6.45) is 3.53. The van der Waals surface area contributed by atoms with Gasteiger partial charge in [-0.25, -0.2) is 4.98 Å². The summed E-state index contributed by atoms with van der Waals surface area (Å²) in [4.78, 5) is 24.2. The Balaban J connectivity index is 1.44. The van der Waals surface area contributed by atoms with Crippen LogP contribution >= 0.6 is 0 Å². The van der Waals surface area contributed by atoms with Gasteiger partial charge < -0.3 is 14.8 Å². The topological polar surface area (TPSA) is 82.4 Å². The highest BCUT2D eigenvalue weighted by molar-refractivity contribution is 5.91. The molecule has 0 spiro atoms. The fourth-order valence-electron chi connectivity index (χ4n) is 4.97. The van der Waals surface area contributed by atoms with E-state index in [0.29, 0.717) is 18.4 Å². The van der Waals surface area contributed by atoms with Crippen LogP contribution in [0.3, 0.4) is 0 Å². The van der Waals surface area contributed by atoms with Gasteiger partial charge in [0.1, 0.15) is 12.0 Å². The molecule has 1 aliphatic heterocycles. The summed E-state index contributed by atoms with van der Waals surface area (Å²) >= 11 is 0. The van der Waals surface area contributed by atoms with Crippen molar-refractivity contribution in [1.29, 1.82) is 0 Å². The molecule has 0 bridgehead atoms. The van der Waals surface area contributed by atoms with Crippen molar-refractivity contribution in [2.24, 2.45) is 0 Å². The number of aromatic amines is 1. The van der Waals surface area contributed by atoms with Crippen molar-refractivity contribution in [3.05, 3.63) is 47.8 Å². The highest BCUT2D eigenvalue weighted by Crippen LogP contribution is 2.37. The van der Waals surface area contributed by atoms with E-state index < -0.39 is 0 Å². The van der Waals surface area contributed by atoms with Crippen molar-refractivity contribution in [3.63, 3.8) is 0 Å². The predicted molar refractivity (Wildman–Crippen MR) is 129 cm³/mol. The number of likely N-dealkylation sites (N-methyl/N-ethyl adjacent to an activating group) is 1. The summed E-state index contributed by atoms with van der Waals surface area (Å²) in [6.45, 7) is 6.58. The van der Waals surface area contributed by atoms with Gasteiger partial charge in [-0.05, 0) is 74.2 Å². The molecule has 4 heterocycles. The van der Waals surface area contributed by atoms with Gasteiger partial charge in [-0.2, -0.15) is 0 Å². The second-order valence-electron chi connectivity index (χ2n) is 9.59. The number of likely N-dealkylation sites (tertiary alicyclic amines) is 1. The van der Waals surface area contributed by atoms with Crippen LogP contribution in [0.1, 0.15) is 49.7 Å². The molecule has 1 saturated heterocycles. The number of H-pyrrole nitrogens is 1. The number of nitrogens with zero attached hydrogens (tertiary/aromatic N) is 6. The van der Waals surface area contributed by atoms with E-state index >= 15 is 0 Å². The molecule has 3 aromatic heterocycles. The van der Waals surface area contributed by atoms with Crippen molar-refractivity contribution in [3.8, 4) is 11.4 Å². The first-order valence-corrected chi connectivity index (χ1v) is 11.7. The van der Waals surface area contributed by atoms with E-state index in [0.717, 1.165) is 48.5 Å². The van der Waals surface area contributed by atoms with Gasteiger partial charge >= 0.3 is 0 Å². The number of hydrogen-bond acceptors (Lipinski definition) is 5. The molecule has 5 rings (SSSR count). The van der Waals surface area contributed by atoms with Crippen LogP contribution in [0, 0.1) is 0 Å². The second kappa shape index (κ2) is 8.59. The molecular formula is C25H31N7O. The Morgan fingerprint density at radius 1 is 1.18 bits per heavy atom. The lowest BCUT2D eigenvalue weighted by atomic mass is 9.87. The lowest BCUT2D eigenvalue weighted by molar-refractivity contribution is -0.132. The second-order valence-corrected chi connectivity index (χ2v) is 9.59. The van der Waals surface area contributed by atoms with Crippen molar-refractivity contribution >= 4 is 22.5 Å². The van der Waals surface area contributed by atoms with Crippen molar-refractivity contribution in [2.75, 3.05) is 33.7 Å². The number of amides is 1. The van der Waals surface area contributed by atoms with Crippen molar-refractivity contribution in [2.45, 2.75) is 38.5 Å². The maximum atomic E-state index is 12.4. The van der Waals surface area contributed by atoms with Gasteiger partial charge in [-0.3, -0.25) is 4.79 Å². The Kier molecular flexibility index (Phi) is 5.62. The smallest absolute Gasteiger partial charge is 0.236 e. The molecule has 0 atom stereocenters. The van der Waals surface area contributed by atoms with Gasteiger partial charge in [0.15, 0.2) is 5.65 Å². The number of rotatable bonds is 5. The molecule has 4 aromatic rings. The monoisotopic (exact) mass is 445 g/mol. The Labute approximate surface area is 193 Å². The molecule has 0 unspecified atom stereocenters. The zero-order valence-electron chi connectivity index (χ0n) is 19.7. The molecule has 33 heavy (non-hydrogen) atoms. The Hall–Kier alpha value is -3.26. The average molecular weight is 446 g/mol. The van der Waals surface area contributed by atoms with Gasteiger partial charge in [-0.1, -0.05) is 19.9 Å². The lowest BCUT2D eigenvalue weighted by Gasteiger charge is -2.33. The van der Waals surface area contributed by atoms with E-state index in [1.54, 1.807) is 4.63 Å². The highest BCUT2D eigenvalue weighted by Gasteiger charge is 2.25. The van der Waals surface area contributed by atoms with Gasteiger partial charge in [0.25, 0.3) is 0 Å². The van der Waals surface area contributed by atoms with Crippen LogP contribution in [0.15, 0.2) is 36.7 Å². The molecule has 8 heteroatoms. The summed E-state index contributed by atoms with van der Waals surface area (Å²) < 4.78 is 1.57. The van der Waals surface area contributed by atoms with E-state index in [1.807, 2.05) is 36.0 Å². The molecule has 0 saturated carbocycles. The number of nitrogens with one attached hydrogen (secondary N) is 1. The van der Waals surface area contributed by atoms with Crippen LogP contribution < -0.4 is 0 Å². The normalized spacial score (nSPS) is 15.4. The molecule has 0 aliphatic carbocycles. The molecule has 1 fully saturated rings. The standard InChI is InChI=1S/C25H31N7O/c1-16(2)24-19-13-18(17-9-11-31(12-10-17)23(33)14-30(3)4)5-6-20(19)28-25(24)21-7-8-22-26-15-27-32(22)29-21/h5-8,13,15-17,28H,9-12,14H2,1-4H3. The molecular weight excluding hydrogens is 414 g/mol. The molecule has 1 amide bonds. The minimum absolute atomic E-state index is 0.225. The Bertz CT molecular complexity index is 1290. The highest BCUT2D eigenvalue weighted by atomic mass is 16.2. The molecule has 8 nitrogen and oxygen atoms in total. The van der Waals surface area contributed by atoms with Crippen LogP contribution in [-0.2, 0) is 4.79 Å². The SMILES string of the molecule is CC(C)c1c(-c2ccc3ncnn3n2)[nH]c2ccc(C3CCN(C(=O)CN(C)C)CC3)cc12. The van der Waals surface area contributed by atoms with Crippen molar-refractivity contribution < 1.29 is 4.79 Å². The van der Waals surface area contributed by atoms with Crippen LogP contribution in [-0.4, -0.2) is 74.2 Å². The molecule has 172 valence electrons. The van der Waals surface area contributed by atoms with Gasteiger partial charge in [0.2, 0.25) is 5.91 Å². The van der Waals surface area contributed by atoms with E-state index in [-0.39, 0.29) is 5.91 Å². The van der Waals surface area contributed by atoms with Crippen LogP contribution in [0.4, 0.5) is 0 Å². The number of benzene rings is 1. The zero-order valence-corrected chi connectivity index (χ0v) is 19.7. The van der Waals surface area contributed by atoms with Gasteiger partial charge in [-0.15, -0.1) is 14.8 Å². The zero-order chi connectivity index (χ0) is 23.1. The summed E-state index contributed by atoms with van der Waals surface area (Å²) in [5.74, 6) is 1.03. The van der Waals surface area contributed by atoms with Crippen molar-refractivity contribution in [1.82, 2.24) is 34.6 Å². The largest absolute Gasteiger partial charge is 0.353 e. The minimum Gasteiger partial charge on any atom is -0.353 e. The summed E-state index contributed by atoms with van der Waals surface area (Å²) in [6, 6.07) is 10.7. The molecule has 1 aromatic carbocycles. The van der Waals surface area contributed by atoms with E-state index in [1.165, 1.54) is 22.8 Å². The third-order valence-electron chi connectivity index (χ3n) is 6.62. The fourth-order valence-corrected chi connectivity index (χ4v) is 4.97. The number of carbonyl (C=O) groups excluding carboxylic acids is 1. The van der Waals surface area contributed by atoms with E-state index in [4.69, 9.17) is 0 Å². The van der Waals surface area contributed by atoms with E-state index in [9.17, 15) is 4.79 Å².